The highest BCUT2D eigenvalue weighted by molar-refractivity contribution is 6.24. The quantitative estimate of drug-likeness (QED) is 0.227. The van der Waals surface area contributed by atoms with Crippen LogP contribution in [0.15, 0.2) is 72.2 Å². The highest BCUT2D eigenvalue weighted by atomic mass is 16.7. The van der Waals surface area contributed by atoms with Gasteiger partial charge in [0.25, 0.3) is 0 Å². The van der Waals surface area contributed by atoms with Crippen LogP contribution in [0.2, 0.25) is 0 Å². The van der Waals surface area contributed by atoms with E-state index in [2.05, 4.69) is 10.1 Å². The molecule has 0 atom stereocenters. The predicted molar refractivity (Wildman–Crippen MR) is 108 cm³/mol. The van der Waals surface area contributed by atoms with Crippen molar-refractivity contribution in [3.63, 3.8) is 0 Å². The van der Waals surface area contributed by atoms with Crippen molar-refractivity contribution in [1.29, 1.82) is 0 Å². The molecular weight excluding hydrogens is 372 g/mol. The predicted octanol–water partition coefficient (Wildman–Crippen LogP) is 3.62. The summed E-state index contributed by atoms with van der Waals surface area (Å²) < 4.78 is 4.94. The van der Waals surface area contributed by atoms with Gasteiger partial charge in [0.15, 0.2) is 0 Å². The van der Waals surface area contributed by atoms with Gasteiger partial charge in [-0.25, -0.2) is 9.59 Å². The lowest BCUT2D eigenvalue weighted by atomic mass is 9.94. The molecule has 1 heterocycles. The molecule has 0 aliphatic rings. The first-order valence-electron chi connectivity index (χ1n) is 8.68. The molecule has 0 bridgehead atoms. The Morgan fingerprint density at radius 3 is 2.41 bits per heavy atom. The minimum atomic E-state index is -1.17. The summed E-state index contributed by atoms with van der Waals surface area (Å²) in [5.74, 6) is -1.77. The zero-order valence-corrected chi connectivity index (χ0v) is 15.8. The van der Waals surface area contributed by atoms with Crippen molar-refractivity contribution in [2.24, 2.45) is 5.16 Å². The molecular formula is C22H18N2O5. The Balaban J connectivity index is 2.31. The van der Waals surface area contributed by atoms with E-state index in [0.717, 1.165) is 17.0 Å². The van der Waals surface area contributed by atoms with Crippen LogP contribution >= 0.6 is 0 Å². The Kier molecular flexibility index (Phi) is 5.99. The van der Waals surface area contributed by atoms with Crippen LogP contribution in [0.4, 0.5) is 0 Å². The Hall–Kier alpha value is -4.00. The number of hydrogen-bond donors (Lipinski definition) is 1. The molecule has 0 fully saturated rings. The highest BCUT2D eigenvalue weighted by Crippen LogP contribution is 2.26. The zero-order valence-electron chi connectivity index (χ0n) is 15.8. The summed E-state index contributed by atoms with van der Waals surface area (Å²) in [6, 6.07) is 16.1. The van der Waals surface area contributed by atoms with Gasteiger partial charge < -0.3 is 14.7 Å². The lowest BCUT2D eigenvalue weighted by Gasteiger charge is -2.13. The molecule has 3 rings (SSSR count). The lowest BCUT2D eigenvalue weighted by Crippen LogP contribution is -2.13. The monoisotopic (exact) mass is 390 g/mol. The molecule has 29 heavy (non-hydrogen) atoms. The summed E-state index contributed by atoms with van der Waals surface area (Å²) in [7, 11) is 1.37. The fourth-order valence-electron chi connectivity index (χ4n) is 2.91. The van der Waals surface area contributed by atoms with Crippen LogP contribution < -0.4 is 0 Å². The number of aromatic nitrogens is 1. The molecule has 0 saturated heterocycles. The average Bonchev–Trinajstić information content (AvgIpc) is 2.72. The number of ether oxygens (including phenoxy) is 1. The summed E-state index contributed by atoms with van der Waals surface area (Å²) >= 11 is 0. The second-order valence-corrected chi connectivity index (χ2v) is 6.02. The summed E-state index contributed by atoms with van der Waals surface area (Å²) in [4.78, 5) is 32.6. The van der Waals surface area contributed by atoms with E-state index in [1.807, 2.05) is 30.3 Å². The lowest BCUT2D eigenvalue weighted by molar-refractivity contribution is -0.141. The maximum Gasteiger partial charge on any atom is 0.339 e. The van der Waals surface area contributed by atoms with Crippen LogP contribution in [0, 0.1) is 0 Å². The number of methoxy groups -OCH3 is 1. The van der Waals surface area contributed by atoms with E-state index in [1.165, 1.54) is 14.0 Å². The van der Waals surface area contributed by atoms with Crippen LogP contribution in [-0.2, 0) is 19.2 Å². The van der Waals surface area contributed by atoms with E-state index in [0.29, 0.717) is 16.8 Å². The number of rotatable bonds is 6. The fraction of sp³-hybridized carbons (Fsp3) is 0.0909. The molecule has 0 spiro atoms. The van der Waals surface area contributed by atoms with E-state index in [4.69, 9.17) is 9.57 Å². The number of carboxylic acids is 1. The maximum absolute atomic E-state index is 11.8. The average molecular weight is 390 g/mol. The topological polar surface area (TPSA) is 98.1 Å². The van der Waals surface area contributed by atoms with E-state index in [1.54, 1.807) is 30.5 Å². The van der Waals surface area contributed by atoms with Gasteiger partial charge in [-0.05, 0) is 11.5 Å². The molecule has 0 aliphatic heterocycles. The van der Waals surface area contributed by atoms with E-state index in [9.17, 15) is 14.7 Å². The largest absolute Gasteiger partial charge is 0.503 e. The second kappa shape index (κ2) is 8.79. The van der Waals surface area contributed by atoms with Crippen LogP contribution in [0.3, 0.4) is 0 Å². The maximum atomic E-state index is 11.8. The summed E-state index contributed by atoms with van der Waals surface area (Å²) in [5, 5.41) is 15.3. The Bertz CT molecular complexity index is 1130. The standard InChI is InChI=1S/C22H18N2O5/c1-14(25)29-24-21(20-16-8-4-3-7-15(16)11-12-23-20)18-10-6-5-9-17(18)19(13-28-2)22(26)27/h3-13H,1-2H3,(H,26,27). The third-order valence-electron chi connectivity index (χ3n) is 4.10. The third-order valence-corrected chi connectivity index (χ3v) is 4.10. The zero-order chi connectivity index (χ0) is 20.8. The number of carbonyl (C=O) groups is 2. The summed E-state index contributed by atoms with van der Waals surface area (Å²) in [6.07, 6.45) is 2.76. The molecule has 0 radical (unpaired) electrons. The Morgan fingerprint density at radius 1 is 1.03 bits per heavy atom. The number of carboxylic acid groups (broad SMARTS) is 1. The first kappa shape index (κ1) is 19.8. The van der Waals surface area contributed by atoms with Gasteiger partial charge in [-0.3, -0.25) is 4.98 Å². The number of nitrogens with zero attached hydrogens (tertiary/aromatic N) is 2. The van der Waals surface area contributed by atoms with Crippen molar-refractivity contribution in [2.75, 3.05) is 7.11 Å². The summed E-state index contributed by atoms with van der Waals surface area (Å²) in [5.41, 5.74) is 1.40. The molecule has 0 unspecified atom stereocenters. The van der Waals surface area contributed by atoms with E-state index >= 15 is 0 Å². The van der Waals surface area contributed by atoms with E-state index < -0.39 is 11.9 Å². The number of aliphatic carboxylic acids is 1. The van der Waals surface area contributed by atoms with Gasteiger partial charge in [-0.1, -0.05) is 53.7 Å². The molecule has 0 saturated carbocycles. The first-order valence-corrected chi connectivity index (χ1v) is 8.68. The van der Waals surface area contributed by atoms with Crippen LogP contribution in [-0.4, -0.2) is 34.9 Å². The molecule has 1 aromatic heterocycles. The molecule has 3 aromatic rings. The van der Waals surface area contributed by atoms with Crippen molar-refractivity contribution in [1.82, 2.24) is 4.98 Å². The minimum absolute atomic E-state index is 0.0705. The molecule has 146 valence electrons. The molecule has 7 heteroatoms. The van der Waals surface area contributed by atoms with Gasteiger partial charge in [-0.15, -0.1) is 0 Å². The fourth-order valence-corrected chi connectivity index (χ4v) is 2.91. The van der Waals surface area contributed by atoms with Gasteiger partial charge in [-0.2, -0.15) is 0 Å². The van der Waals surface area contributed by atoms with E-state index in [-0.39, 0.29) is 11.3 Å². The first-order chi connectivity index (χ1) is 14.0. The Morgan fingerprint density at radius 2 is 1.72 bits per heavy atom. The van der Waals surface area contributed by atoms with Crippen LogP contribution in [0.25, 0.3) is 16.3 Å². The van der Waals surface area contributed by atoms with Crippen molar-refractivity contribution in [3.05, 3.63) is 83.9 Å². The van der Waals surface area contributed by atoms with Gasteiger partial charge in [0.1, 0.15) is 17.0 Å². The SMILES string of the molecule is COC=C(C(=O)O)c1ccccc1C(=NOC(C)=O)c1nccc2ccccc12. The van der Waals surface area contributed by atoms with Crippen molar-refractivity contribution in [2.45, 2.75) is 6.92 Å². The highest BCUT2D eigenvalue weighted by Gasteiger charge is 2.22. The van der Waals surface area contributed by atoms with Gasteiger partial charge in [0.05, 0.1) is 13.4 Å². The molecule has 0 amide bonds. The molecule has 2 aromatic carbocycles. The summed E-state index contributed by atoms with van der Waals surface area (Å²) in [6.45, 7) is 1.23. The normalized spacial score (nSPS) is 11.9. The van der Waals surface area contributed by atoms with Gasteiger partial charge in [0, 0.05) is 29.6 Å². The molecule has 1 N–H and O–H groups in total. The molecule has 0 aliphatic carbocycles. The van der Waals surface area contributed by atoms with Crippen molar-refractivity contribution < 1.29 is 24.3 Å². The van der Waals surface area contributed by atoms with Crippen LogP contribution in [0.1, 0.15) is 23.7 Å². The number of oxime groups is 1. The minimum Gasteiger partial charge on any atom is -0.503 e. The number of benzene rings is 2. The van der Waals surface area contributed by atoms with Gasteiger partial charge in [0.2, 0.25) is 0 Å². The number of hydrogen-bond acceptors (Lipinski definition) is 6. The smallest absolute Gasteiger partial charge is 0.339 e. The Labute approximate surface area is 166 Å². The number of pyridine rings is 1. The van der Waals surface area contributed by atoms with Crippen LogP contribution in [0.5, 0.6) is 0 Å². The second-order valence-electron chi connectivity index (χ2n) is 6.02. The molecule has 7 nitrogen and oxygen atoms in total. The van der Waals surface area contributed by atoms with Gasteiger partial charge >= 0.3 is 11.9 Å². The van der Waals surface area contributed by atoms with Crippen molar-refractivity contribution >= 4 is 34.0 Å². The number of fused-ring (bicyclic) bond motifs is 1. The number of carbonyl (C=O) groups excluding carboxylic acids is 1. The van der Waals surface area contributed by atoms with Crippen molar-refractivity contribution in [3.8, 4) is 0 Å². The third kappa shape index (κ3) is 4.30.